The van der Waals surface area contributed by atoms with E-state index in [-0.39, 0.29) is 19.0 Å². The van der Waals surface area contributed by atoms with E-state index >= 15 is 0 Å². The number of nitrogens with zero attached hydrogens (tertiary/aromatic N) is 1. The molecule has 3 N–H and O–H groups in total. The Labute approximate surface area is 106 Å². The SMILES string of the molecule is CCCCCC(O)O.C[N+](C)(C)CCO.[Cl-]. The molecule has 0 aromatic carbocycles. The molecule has 0 aromatic heterocycles. The molecule has 0 aliphatic rings. The number of quaternary nitrogens is 1. The lowest BCUT2D eigenvalue weighted by molar-refractivity contribution is -0.870. The van der Waals surface area contributed by atoms with Gasteiger partial charge in [0.25, 0.3) is 0 Å². The molecule has 102 valence electrons. The first-order chi connectivity index (χ1) is 6.83. The van der Waals surface area contributed by atoms with E-state index in [4.69, 9.17) is 15.3 Å². The van der Waals surface area contributed by atoms with Crippen molar-refractivity contribution in [3.8, 4) is 0 Å². The highest BCUT2D eigenvalue weighted by atomic mass is 35.5. The zero-order chi connectivity index (χ0) is 12.3. The standard InChI is InChI=1S/C6H14O2.C5H14NO.ClH/c1-2-3-4-5-6(7)8;1-6(2,3)4-5-7;/h6-8H,2-5H2,1H3;7H,4-5H2,1-3H3;1H/q;+1;/p-1. The Balaban J connectivity index is -0.000000200. The Morgan fingerprint density at radius 1 is 1.06 bits per heavy atom. The summed E-state index contributed by atoms with van der Waals surface area (Å²) in [5.74, 6) is 0. The second-order valence-corrected chi connectivity index (χ2v) is 4.71. The topological polar surface area (TPSA) is 60.7 Å². The van der Waals surface area contributed by atoms with Gasteiger partial charge in [0.05, 0.1) is 27.7 Å². The third kappa shape index (κ3) is 29.2. The summed E-state index contributed by atoms with van der Waals surface area (Å²) < 4.78 is 0.844. The Morgan fingerprint density at radius 2 is 1.56 bits per heavy atom. The van der Waals surface area contributed by atoms with Crippen LogP contribution >= 0.6 is 0 Å². The molecule has 0 amide bonds. The fourth-order valence-electron chi connectivity index (χ4n) is 0.877. The minimum atomic E-state index is -1.10. The normalized spacial score (nSPS) is 10.5. The van der Waals surface area contributed by atoms with E-state index < -0.39 is 6.29 Å². The third-order valence-electron chi connectivity index (χ3n) is 1.84. The molecule has 0 saturated heterocycles. The van der Waals surface area contributed by atoms with Crippen molar-refractivity contribution in [1.82, 2.24) is 0 Å². The molecule has 0 aliphatic carbocycles. The van der Waals surface area contributed by atoms with Crippen LogP contribution in [0.5, 0.6) is 0 Å². The summed E-state index contributed by atoms with van der Waals surface area (Å²) in [5, 5.41) is 25.1. The van der Waals surface area contributed by atoms with E-state index in [9.17, 15) is 0 Å². The molecule has 0 spiro atoms. The highest BCUT2D eigenvalue weighted by Gasteiger charge is 2.02. The maximum atomic E-state index is 8.39. The van der Waals surface area contributed by atoms with Crippen LogP contribution in [0.4, 0.5) is 0 Å². The van der Waals surface area contributed by atoms with Gasteiger partial charge in [-0.05, 0) is 12.8 Å². The quantitative estimate of drug-likeness (QED) is 0.282. The predicted octanol–water partition coefficient (Wildman–Crippen LogP) is -2.43. The van der Waals surface area contributed by atoms with Crippen LogP contribution in [0.1, 0.15) is 32.6 Å². The number of aliphatic hydroxyl groups is 3. The van der Waals surface area contributed by atoms with Crippen LogP contribution in [0.3, 0.4) is 0 Å². The maximum absolute atomic E-state index is 8.39. The summed E-state index contributed by atoms with van der Waals surface area (Å²) in [6.45, 7) is 3.20. The summed E-state index contributed by atoms with van der Waals surface area (Å²) >= 11 is 0. The smallest absolute Gasteiger partial charge is 0.151 e. The first kappa shape index (κ1) is 21.4. The van der Waals surface area contributed by atoms with Gasteiger partial charge in [-0.3, -0.25) is 0 Å². The van der Waals surface area contributed by atoms with E-state index in [0.29, 0.717) is 6.42 Å². The van der Waals surface area contributed by atoms with Crippen LogP contribution in [0, 0.1) is 0 Å². The highest BCUT2D eigenvalue weighted by Crippen LogP contribution is 1.99. The van der Waals surface area contributed by atoms with Crippen LogP contribution in [0.25, 0.3) is 0 Å². The van der Waals surface area contributed by atoms with Crippen molar-refractivity contribution in [2.45, 2.75) is 38.9 Å². The molecule has 0 aliphatic heterocycles. The molecule has 0 fully saturated rings. The minimum absolute atomic E-state index is 0. The molecule has 0 unspecified atom stereocenters. The average molecular weight is 258 g/mol. The molecule has 5 heteroatoms. The number of likely N-dealkylation sites (N-methyl/N-ethyl adjacent to an activating group) is 1. The van der Waals surface area contributed by atoms with E-state index in [1.807, 2.05) is 0 Å². The second-order valence-electron chi connectivity index (χ2n) is 4.71. The minimum Gasteiger partial charge on any atom is -1.00 e. The molecular weight excluding hydrogens is 230 g/mol. The number of unbranched alkanes of at least 4 members (excludes halogenated alkanes) is 2. The van der Waals surface area contributed by atoms with Gasteiger partial charge in [-0.25, -0.2) is 0 Å². The third-order valence-corrected chi connectivity index (χ3v) is 1.84. The number of hydrogen-bond acceptors (Lipinski definition) is 3. The van der Waals surface area contributed by atoms with Gasteiger partial charge in [0.2, 0.25) is 0 Å². The number of halogens is 1. The Morgan fingerprint density at radius 3 is 1.75 bits per heavy atom. The number of aliphatic hydroxyl groups excluding tert-OH is 2. The van der Waals surface area contributed by atoms with Crippen LogP contribution in [-0.2, 0) is 0 Å². The monoisotopic (exact) mass is 257 g/mol. The fraction of sp³-hybridized carbons (Fsp3) is 1.00. The van der Waals surface area contributed by atoms with Gasteiger partial charge >= 0.3 is 0 Å². The lowest BCUT2D eigenvalue weighted by atomic mass is 10.2. The van der Waals surface area contributed by atoms with Gasteiger partial charge in [-0.1, -0.05) is 19.8 Å². The van der Waals surface area contributed by atoms with Crippen LogP contribution in [0.2, 0.25) is 0 Å². The lowest BCUT2D eigenvalue weighted by Gasteiger charge is -2.21. The van der Waals surface area contributed by atoms with Crippen molar-refractivity contribution >= 4 is 0 Å². The van der Waals surface area contributed by atoms with Crippen molar-refractivity contribution in [1.29, 1.82) is 0 Å². The van der Waals surface area contributed by atoms with Crippen molar-refractivity contribution < 1.29 is 32.2 Å². The Bertz CT molecular complexity index is 127. The highest BCUT2D eigenvalue weighted by molar-refractivity contribution is 4.40. The zero-order valence-corrected chi connectivity index (χ0v) is 11.7. The van der Waals surface area contributed by atoms with Gasteiger partial charge in [0.1, 0.15) is 6.54 Å². The van der Waals surface area contributed by atoms with Crippen molar-refractivity contribution in [2.24, 2.45) is 0 Å². The summed E-state index contributed by atoms with van der Waals surface area (Å²) in [7, 11) is 6.16. The zero-order valence-electron chi connectivity index (χ0n) is 11.0. The molecule has 0 heterocycles. The molecule has 16 heavy (non-hydrogen) atoms. The Hall–Kier alpha value is 0.130. The first-order valence-electron chi connectivity index (χ1n) is 5.61. The number of hydrogen-bond donors (Lipinski definition) is 3. The van der Waals surface area contributed by atoms with Crippen molar-refractivity contribution in [3.05, 3.63) is 0 Å². The van der Waals surface area contributed by atoms with Crippen molar-refractivity contribution in [3.63, 3.8) is 0 Å². The van der Waals surface area contributed by atoms with Gasteiger partial charge in [-0.2, -0.15) is 0 Å². The van der Waals surface area contributed by atoms with Crippen LogP contribution < -0.4 is 12.4 Å². The summed E-state index contributed by atoms with van der Waals surface area (Å²) in [5.41, 5.74) is 0. The van der Waals surface area contributed by atoms with E-state index in [0.717, 1.165) is 30.3 Å². The molecule has 0 saturated carbocycles. The molecule has 0 radical (unpaired) electrons. The van der Waals surface area contributed by atoms with E-state index in [1.54, 1.807) is 0 Å². The molecular formula is C11H28ClNO3. The summed E-state index contributed by atoms with van der Waals surface area (Å²) in [4.78, 5) is 0. The summed E-state index contributed by atoms with van der Waals surface area (Å²) in [6, 6.07) is 0. The van der Waals surface area contributed by atoms with Crippen LogP contribution in [-0.4, -0.2) is 60.4 Å². The summed E-state index contributed by atoms with van der Waals surface area (Å²) in [6.07, 6.45) is 2.58. The fourth-order valence-corrected chi connectivity index (χ4v) is 0.877. The van der Waals surface area contributed by atoms with Crippen LogP contribution in [0.15, 0.2) is 0 Å². The van der Waals surface area contributed by atoms with E-state index in [1.165, 1.54) is 0 Å². The van der Waals surface area contributed by atoms with Crippen molar-refractivity contribution in [2.75, 3.05) is 34.3 Å². The van der Waals surface area contributed by atoms with E-state index in [2.05, 4.69) is 28.1 Å². The molecule has 0 bridgehead atoms. The first-order valence-corrected chi connectivity index (χ1v) is 5.61. The molecule has 0 rings (SSSR count). The Kier molecular flexibility index (Phi) is 17.7. The van der Waals surface area contributed by atoms with Gasteiger partial charge in [0, 0.05) is 0 Å². The van der Waals surface area contributed by atoms with Gasteiger partial charge < -0.3 is 32.2 Å². The lowest BCUT2D eigenvalue weighted by Crippen LogP contribution is -3.00. The maximum Gasteiger partial charge on any atom is 0.151 e. The second kappa shape index (κ2) is 13.2. The molecule has 0 atom stereocenters. The molecule has 4 nitrogen and oxygen atoms in total. The average Bonchev–Trinajstić information content (AvgIpc) is 2.02. The van der Waals surface area contributed by atoms with Gasteiger partial charge in [-0.15, -0.1) is 0 Å². The predicted molar refractivity (Wildman–Crippen MR) is 62.4 cm³/mol. The largest absolute Gasteiger partial charge is 1.00 e. The number of rotatable bonds is 6. The van der Waals surface area contributed by atoms with Gasteiger partial charge in [0.15, 0.2) is 6.29 Å². The molecule has 0 aromatic rings.